The molecule has 6 heteroatoms. The molecule has 0 unspecified atom stereocenters. The van der Waals surface area contributed by atoms with E-state index >= 15 is 0 Å². The molecule has 82 valence electrons. The molecule has 0 atom stereocenters. The van der Waals surface area contributed by atoms with Crippen LogP contribution < -0.4 is 0 Å². The predicted octanol–water partition coefficient (Wildman–Crippen LogP) is 1.24. The molecule has 0 heterocycles. The topological polar surface area (TPSA) is 74.0 Å². The summed E-state index contributed by atoms with van der Waals surface area (Å²) in [5.41, 5.74) is -1.36. The lowest BCUT2D eigenvalue weighted by molar-refractivity contribution is -0.613. The van der Waals surface area contributed by atoms with Crippen LogP contribution in [-0.2, 0) is 14.4 Å². The fourth-order valence-corrected chi connectivity index (χ4v) is 0.598. The third kappa shape index (κ3) is 3.20. The molecule has 0 amide bonds. The molecular weight excluding hydrogens is 188 g/mol. The minimum atomic E-state index is -1.36. The van der Waals surface area contributed by atoms with Crippen molar-refractivity contribution in [2.45, 2.75) is 33.2 Å². The highest BCUT2D eigenvalue weighted by Gasteiger charge is 2.40. The van der Waals surface area contributed by atoms with Gasteiger partial charge >= 0.3 is 5.97 Å². The molecule has 0 aliphatic rings. The van der Waals surface area contributed by atoms with Gasteiger partial charge in [-0.25, -0.2) is 4.79 Å². The van der Waals surface area contributed by atoms with Crippen molar-refractivity contribution in [1.29, 1.82) is 0 Å². The maximum absolute atomic E-state index is 11.3. The Hall–Kier alpha value is -1.33. The lowest BCUT2D eigenvalue weighted by Crippen LogP contribution is -2.42. The number of ether oxygens (including phenoxy) is 1. The number of hydrogen-bond donors (Lipinski definition) is 0. The molecule has 14 heavy (non-hydrogen) atoms. The van der Waals surface area contributed by atoms with Gasteiger partial charge in [-0.1, -0.05) is 0 Å². The van der Waals surface area contributed by atoms with E-state index in [1.165, 1.54) is 13.8 Å². The molecule has 0 saturated heterocycles. The van der Waals surface area contributed by atoms with Crippen LogP contribution in [0.25, 0.3) is 0 Å². The Kier molecular flexibility index (Phi) is 4.90. The highest BCUT2D eigenvalue weighted by molar-refractivity contribution is 5.78. The molecule has 0 spiro atoms. The Labute approximate surface area is 83.0 Å². The number of carbonyl (C=O) groups excluding carboxylic acids is 1. The first-order valence-electron chi connectivity index (χ1n) is 4.44. The van der Waals surface area contributed by atoms with Crippen LogP contribution in [0.4, 0.5) is 0 Å². The van der Waals surface area contributed by atoms with Crippen molar-refractivity contribution in [3.8, 4) is 0 Å². The quantitative estimate of drug-likeness (QED) is 0.292. The second-order valence-corrected chi connectivity index (χ2v) is 3.05. The van der Waals surface area contributed by atoms with Gasteiger partial charge in [-0.2, -0.15) is 0 Å². The standard InChI is InChI=1S/C8H16N2O4/c1-5-13-7(11)8(3,4)10(12)9-14-6-2/h5-6H2,1-4H3/b10-9-. The van der Waals surface area contributed by atoms with Gasteiger partial charge in [0.2, 0.25) is 5.28 Å². The van der Waals surface area contributed by atoms with Gasteiger partial charge in [0.25, 0.3) is 5.54 Å². The van der Waals surface area contributed by atoms with Crippen LogP contribution in [-0.4, -0.2) is 29.6 Å². The van der Waals surface area contributed by atoms with Crippen LogP contribution in [0.15, 0.2) is 5.28 Å². The van der Waals surface area contributed by atoms with Crippen molar-refractivity contribution in [3.63, 3.8) is 0 Å². The number of esters is 1. The normalized spacial score (nSPS) is 12.4. The number of rotatable bonds is 5. The number of carbonyl (C=O) groups is 1. The summed E-state index contributed by atoms with van der Waals surface area (Å²) in [6.07, 6.45) is 0. The Morgan fingerprint density at radius 3 is 2.43 bits per heavy atom. The van der Waals surface area contributed by atoms with Crippen LogP contribution in [0, 0.1) is 5.21 Å². The second-order valence-electron chi connectivity index (χ2n) is 3.05. The first-order chi connectivity index (χ1) is 6.46. The molecule has 0 saturated carbocycles. The van der Waals surface area contributed by atoms with Crippen LogP contribution in [0.2, 0.25) is 0 Å². The molecule has 0 aromatic carbocycles. The molecule has 0 rings (SSSR count). The Bertz CT molecular complexity index is 225. The molecule has 6 nitrogen and oxygen atoms in total. The minimum absolute atomic E-state index is 0.203. The van der Waals surface area contributed by atoms with Gasteiger partial charge in [0.1, 0.15) is 6.61 Å². The summed E-state index contributed by atoms with van der Waals surface area (Å²) in [5, 5.41) is 14.5. The lowest BCUT2D eigenvalue weighted by Gasteiger charge is -2.17. The minimum Gasteiger partial charge on any atom is -0.596 e. The van der Waals surface area contributed by atoms with Crippen LogP contribution in [0.3, 0.4) is 0 Å². The highest BCUT2D eigenvalue weighted by Crippen LogP contribution is 2.11. The van der Waals surface area contributed by atoms with Crippen LogP contribution >= 0.6 is 0 Å². The fraction of sp³-hybridized carbons (Fsp3) is 0.875. The third-order valence-corrected chi connectivity index (χ3v) is 1.51. The summed E-state index contributed by atoms with van der Waals surface area (Å²) in [6.45, 7) is 6.70. The first-order valence-corrected chi connectivity index (χ1v) is 4.44. The average molecular weight is 204 g/mol. The monoisotopic (exact) mass is 204 g/mol. The lowest BCUT2D eigenvalue weighted by atomic mass is 10.1. The zero-order chi connectivity index (χ0) is 11.2. The predicted molar refractivity (Wildman–Crippen MR) is 48.4 cm³/mol. The Morgan fingerprint density at radius 2 is 2.00 bits per heavy atom. The Morgan fingerprint density at radius 1 is 1.43 bits per heavy atom. The zero-order valence-corrected chi connectivity index (χ0v) is 8.94. The first kappa shape index (κ1) is 12.7. The van der Waals surface area contributed by atoms with Crippen molar-refractivity contribution >= 4 is 5.97 Å². The summed E-state index contributed by atoms with van der Waals surface area (Å²) in [6, 6.07) is 0. The second kappa shape index (κ2) is 5.41. The van der Waals surface area contributed by atoms with Crippen molar-refractivity contribution < 1.29 is 19.2 Å². The van der Waals surface area contributed by atoms with Crippen LogP contribution in [0.5, 0.6) is 0 Å². The number of hydroxylamine groups is 1. The third-order valence-electron chi connectivity index (χ3n) is 1.51. The van der Waals surface area contributed by atoms with E-state index in [9.17, 15) is 10.0 Å². The van der Waals surface area contributed by atoms with Crippen molar-refractivity contribution in [3.05, 3.63) is 5.21 Å². The van der Waals surface area contributed by atoms with Gasteiger partial charge in [0, 0.05) is 13.8 Å². The molecule has 0 fully saturated rings. The van der Waals surface area contributed by atoms with Gasteiger partial charge in [0.15, 0.2) is 0 Å². The Balaban J connectivity index is 4.50. The van der Waals surface area contributed by atoms with E-state index in [1.54, 1.807) is 13.8 Å². The smallest absolute Gasteiger partial charge is 0.382 e. The average Bonchev–Trinajstić information content (AvgIpc) is 2.14. The summed E-state index contributed by atoms with van der Waals surface area (Å²) in [4.78, 5) is 16.0. The molecule has 0 aromatic rings. The molecule has 0 bridgehead atoms. The largest absolute Gasteiger partial charge is 0.596 e. The van der Waals surface area contributed by atoms with Gasteiger partial charge in [-0.15, -0.1) is 0 Å². The van der Waals surface area contributed by atoms with Crippen molar-refractivity contribution in [2.75, 3.05) is 13.2 Å². The van der Waals surface area contributed by atoms with E-state index < -0.39 is 11.5 Å². The fourth-order valence-electron chi connectivity index (χ4n) is 0.598. The van der Waals surface area contributed by atoms with E-state index in [0.717, 1.165) is 0 Å². The van der Waals surface area contributed by atoms with E-state index in [-0.39, 0.29) is 18.1 Å². The maximum Gasteiger partial charge on any atom is 0.382 e. The molecule has 0 aliphatic heterocycles. The molecule has 0 aromatic heterocycles. The maximum atomic E-state index is 11.3. The summed E-state index contributed by atoms with van der Waals surface area (Å²) >= 11 is 0. The van der Waals surface area contributed by atoms with Gasteiger partial charge < -0.3 is 14.8 Å². The zero-order valence-electron chi connectivity index (χ0n) is 8.94. The molecule has 0 aliphatic carbocycles. The van der Waals surface area contributed by atoms with Crippen molar-refractivity contribution in [2.24, 2.45) is 5.28 Å². The molecule has 0 N–H and O–H groups in total. The summed E-state index contributed by atoms with van der Waals surface area (Å²) in [7, 11) is 0. The molecule has 0 radical (unpaired) electrons. The summed E-state index contributed by atoms with van der Waals surface area (Å²) in [5.74, 6) is -0.626. The van der Waals surface area contributed by atoms with Gasteiger partial charge in [-0.3, -0.25) is 0 Å². The number of nitrogens with zero attached hydrogens (tertiary/aromatic N) is 2. The number of hydrogen-bond acceptors (Lipinski definition) is 5. The SMILES string of the molecule is CCO/N=[N+](\[O-])C(C)(C)C(=O)OCC. The summed E-state index contributed by atoms with van der Waals surface area (Å²) < 4.78 is 4.71. The van der Waals surface area contributed by atoms with E-state index in [0.29, 0.717) is 0 Å². The van der Waals surface area contributed by atoms with Gasteiger partial charge in [-0.05, 0) is 18.7 Å². The molecular formula is C8H16N2O4. The van der Waals surface area contributed by atoms with E-state index in [2.05, 4.69) is 10.1 Å². The van der Waals surface area contributed by atoms with Gasteiger partial charge in [0.05, 0.1) is 6.61 Å². The van der Waals surface area contributed by atoms with Crippen LogP contribution in [0.1, 0.15) is 27.7 Å². The highest BCUT2D eigenvalue weighted by atomic mass is 16.7. The van der Waals surface area contributed by atoms with E-state index in [1.807, 2.05) is 0 Å². The van der Waals surface area contributed by atoms with E-state index in [4.69, 9.17) is 4.74 Å². The van der Waals surface area contributed by atoms with Crippen molar-refractivity contribution in [1.82, 2.24) is 0 Å².